The van der Waals surface area contributed by atoms with Gasteiger partial charge in [-0.15, -0.1) is 0 Å². The second-order valence-corrected chi connectivity index (χ2v) is 7.38. The van der Waals surface area contributed by atoms with Crippen LogP contribution in [0, 0.1) is 11.8 Å². The lowest BCUT2D eigenvalue weighted by Gasteiger charge is -2.23. The van der Waals surface area contributed by atoms with E-state index in [1.54, 1.807) is 0 Å². The van der Waals surface area contributed by atoms with Gasteiger partial charge in [0.1, 0.15) is 6.54 Å². The summed E-state index contributed by atoms with van der Waals surface area (Å²) in [5, 5.41) is 2.87. The Bertz CT molecular complexity index is 944. The number of amides is 3. The number of fused-ring (bicyclic) bond motifs is 1. The number of anilines is 3. The lowest BCUT2D eigenvalue weighted by molar-refractivity contribution is -0.142. The number of allylic oxidation sites excluding steroid dienone is 2. The van der Waals surface area contributed by atoms with Gasteiger partial charge in [0.25, 0.3) is 0 Å². The Morgan fingerprint density at radius 3 is 2.21 bits per heavy atom. The summed E-state index contributed by atoms with van der Waals surface area (Å²) in [4.78, 5) is 40.9. The van der Waals surface area contributed by atoms with E-state index in [1.807, 2.05) is 78.7 Å². The van der Waals surface area contributed by atoms with Crippen molar-refractivity contribution in [1.82, 2.24) is 4.90 Å². The van der Waals surface area contributed by atoms with E-state index in [0.29, 0.717) is 18.5 Å². The average molecular weight is 389 g/mol. The van der Waals surface area contributed by atoms with E-state index < -0.39 is 0 Å². The van der Waals surface area contributed by atoms with Crippen molar-refractivity contribution in [3.8, 4) is 0 Å². The van der Waals surface area contributed by atoms with Crippen molar-refractivity contribution in [3.63, 3.8) is 0 Å². The quantitative estimate of drug-likeness (QED) is 0.629. The Balaban J connectivity index is 1.48. The number of likely N-dealkylation sites (tertiary alicyclic amines) is 1. The van der Waals surface area contributed by atoms with Crippen LogP contribution in [0.15, 0.2) is 66.7 Å². The fourth-order valence-electron chi connectivity index (χ4n) is 4.02. The maximum absolute atomic E-state index is 12.7. The Kier molecular flexibility index (Phi) is 5.16. The number of hydrogen-bond acceptors (Lipinski definition) is 4. The normalized spacial score (nSPS) is 20.5. The molecule has 3 amide bonds. The highest BCUT2D eigenvalue weighted by Gasteiger charge is 2.47. The number of hydrogen-bond donors (Lipinski definition) is 1. The number of nitrogens with one attached hydrogen (secondary N) is 1. The minimum Gasteiger partial charge on any atom is -0.343 e. The first-order valence-electron chi connectivity index (χ1n) is 9.74. The number of nitrogens with zero attached hydrogens (tertiary/aromatic N) is 2. The molecule has 1 aliphatic heterocycles. The monoisotopic (exact) mass is 389 g/mol. The minimum atomic E-state index is -0.382. The highest BCUT2D eigenvalue weighted by Crippen LogP contribution is 2.35. The third-order valence-corrected chi connectivity index (χ3v) is 5.58. The number of carbonyl (C=O) groups excluding carboxylic acids is 3. The average Bonchev–Trinajstić information content (AvgIpc) is 2.99. The summed E-state index contributed by atoms with van der Waals surface area (Å²) in [6.07, 6.45) is 5.01. The van der Waals surface area contributed by atoms with Crippen molar-refractivity contribution in [2.45, 2.75) is 12.8 Å². The molecule has 2 unspecified atom stereocenters. The van der Waals surface area contributed by atoms with E-state index in [2.05, 4.69) is 5.32 Å². The van der Waals surface area contributed by atoms with E-state index >= 15 is 0 Å². The van der Waals surface area contributed by atoms with Crippen LogP contribution >= 0.6 is 0 Å². The van der Waals surface area contributed by atoms with Crippen LogP contribution in [-0.4, -0.2) is 36.2 Å². The molecule has 148 valence electrons. The standard InChI is InChI=1S/C23H23N3O3/c1-25(16-9-3-2-4-10-16)20-14-8-7-13-19(20)24-21(27)15-26-22(28)17-11-5-6-12-18(17)23(26)29/h2-10,13-14,17-18H,11-12,15H2,1H3,(H,24,27). The maximum Gasteiger partial charge on any atom is 0.244 e. The molecule has 29 heavy (non-hydrogen) atoms. The highest BCUT2D eigenvalue weighted by atomic mass is 16.2. The number of imide groups is 1. The molecule has 6 nitrogen and oxygen atoms in total. The van der Waals surface area contributed by atoms with Gasteiger partial charge in [-0.25, -0.2) is 0 Å². The van der Waals surface area contributed by atoms with Crippen molar-refractivity contribution in [2.24, 2.45) is 11.8 Å². The summed E-state index contributed by atoms with van der Waals surface area (Å²) < 4.78 is 0. The summed E-state index contributed by atoms with van der Waals surface area (Å²) in [7, 11) is 1.92. The van der Waals surface area contributed by atoms with Crippen molar-refractivity contribution >= 4 is 34.8 Å². The molecule has 1 aliphatic carbocycles. The van der Waals surface area contributed by atoms with Crippen LogP contribution in [0.2, 0.25) is 0 Å². The zero-order valence-electron chi connectivity index (χ0n) is 16.2. The Morgan fingerprint density at radius 1 is 0.966 bits per heavy atom. The van der Waals surface area contributed by atoms with Crippen LogP contribution < -0.4 is 10.2 Å². The molecule has 1 N–H and O–H groups in total. The lowest BCUT2D eigenvalue weighted by atomic mass is 9.85. The molecule has 6 heteroatoms. The molecular formula is C23H23N3O3. The first-order valence-corrected chi connectivity index (χ1v) is 9.74. The zero-order chi connectivity index (χ0) is 20.4. The van der Waals surface area contributed by atoms with Gasteiger partial charge in [0.15, 0.2) is 0 Å². The Morgan fingerprint density at radius 2 is 1.55 bits per heavy atom. The number of para-hydroxylation sites is 3. The van der Waals surface area contributed by atoms with E-state index in [-0.39, 0.29) is 36.1 Å². The van der Waals surface area contributed by atoms with Crippen molar-refractivity contribution < 1.29 is 14.4 Å². The van der Waals surface area contributed by atoms with Gasteiger partial charge >= 0.3 is 0 Å². The molecule has 0 bridgehead atoms. The molecule has 2 aliphatic rings. The predicted molar refractivity (Wildman–Crippen MR) is 112 cm³/mol. The van der Waals surface area contributed by atoms with Gasteiger partial charge in [-0.2, -0.15) is 0 Å². The SMILES string of the molecule is CN(c1ccccc1)c1ccccc1NC(=O)CN1C(=O)C2CC=CCC2C1=O. The number of rotatable bonds is 5. The van der Waals surface area contributed by atoms with Crippen molar-refractivity contribution in [2.75, 3.05) is 23.8 Å². The molecule has 2 atom stereocenters. The molecule has 0 saturated carbocycles. The lowest BCUT2D eigenvalue weighted by Crippen LogP contribution is -2.38. The van der Waals surface area contributed by atoms with Crippen molar-refractivity contribution in [1.29, 1.82) is 0 Å². The van der Waals surface area contributed by atoms with Gasteiger partial charge in [-0.05, 0) is 37.1 Å². The molecule has 4 rings (SSSR count). The molecule has 0 spiro atoms. The fourth-order valence-corrected chi connectivity index (χ4v) is 4.02. The van der Waals surface area contributed by atoms with E-state index in [0.717, 1.165) is 16.3 Å². The van der Waals surface area contributed by atoms with Crippen LogP contribution in [0.5, 0.6) is 0 Å². The first kappa shape index (κ1) is 18.9. The third kappa shape index (κ3) is 3.66. The second kappa shape index (κ2) is 7.91. The molecule has 2 aromatic rings. The summed E-state index contributed by atoms with van der Waals surface area (Å²) in [5.74, 6) is -1.51. The third-order valence-electron chi connectivity index (χ3n) is 5.58. The van der Waals surface area contributed by atoms with Gasteiger partial charge < -0.3 is 10.2 Å². The summed E-state index contributed by atoms with van der Waals surface area (Å²) in [6.45, 7) is -0.256. The number of benzene rings is 2. The summed E-state index contributed by atoms with van der Waals surface area (Å²) in [6, 6.07) is 17.3. The van der Waals surface area contributed by atoms with Gasteiger partial charge in [-0.1, -0.05) is 42.5 Å². The van der Waals surface area contributed by atoms with Crippen LogP contribution in [-0.2, 0) is 14.4 Å². The Labute approximate surface area is 169 Å². The second-order valence-electron chi connectivity index (χ2n) is 7.38. The van der Waals surface area contributed by atoms with Gasteiger partial charge in [0, 0.05) is 12.7 Å². The minimum absolute atomic E-state index is 0.241. The fraction of sp³-hybridized carbons (Fsp3) is 0.261. The molecule has 1 heterocycles. The van der Waals surface area contributed by atoms with Crippen molar-refractivity contribution in [3.05, 3.63) is 66.7 Å². The largest absolute Gasteiger partial charge is 0.343 e. The zero-order valence-corrected chi connectivity index (χ0v) is 16.2. The van der Waals surface area contributed by atoms with Gasteiger partial charge in [0.05, 0.1) is 23.2 Å². The molecule has 0 aromatic heterocycles. The van der Waals surface area contributed by atoms with Crippen LogP contribution in [0.4, 0.5) is 17.1 Å². The highest BCUT2D eigenvalue weighted by molar-refractivity contribution is 6.09. The van der Waals surface area contributed by atoms with Crippen LogP contribution in [0.1, 0.15) is 12.8 Å². The van der Waals surface area contributed by atoms with Gasteiger partial charge in [0.2, 0.25) is 17.7 Å². The smallest absolute Gasteiger partial charge is 0.244 e. The first-order chi connectivity index (χ1) is 14.1. The summed E-state index contributed by atoms with van der Waals surface area (Å²) in [5.41, 5.74) is 2.43. The van der Waals surface area contributed by atoms with E-state index in [1.165, 1.54) is 0 Å². The number of carbonyl (C=O) groups is 3. The van der Waals surface area contributed by atoms with Gasteiger partial charge in [-0.3, -0.25) is 19.3 Å². The molecule has 2 aromatic carbocycles. The molecular weight excluding hydrogens is 366 g/mol. The van der Waals surface area contributed by atoms with Crippen LogP contribution in [0.25, 0.3) is 0 Å². The topological polar surface area (TPSA) is 69.7 Å². The molecule has 0 radical (unpaired) electrons. The van der Waals surface area contributed by atoms with E-state index in [9.17, 15) is 14.4 Å². The predicted octanol–water partition coefficient (Wildman–Crippen LogP) is 3.34. The van der Waals surface area contributed by atoms with Crippen LogP contribution in [0.3, 0.4) is 0 Å². The maximum atomic E-state index is 12.7. The summed E-state index contributed by atoms with van der Waals surface area (Å²) >= 11 is 0. The molecule has 1 fully saturated rings. The molecule has 1 saturated heterocycles. The van der Waals surface area contributed by atoms with E-state index in [4.69, 9.17) is 0 Å². The Hall–Kier alpha value is -3.41.